The highest BCUT2D eigenvalue weighted by molar-refractivity contribution is 7.10. The second-order valence-electron chi connectivity index (χ2n) is 3.24. The summed E-state index contributed by atoms with van der Waals surface area (Å²) in [7, 11) is 0. The summed E-state index contributed by atoms with van der Waals surface area (Å²) in [6.45, 7) is 4.27. The van der Waals surface area contributed by atoms with Crippen LogP contribution in [0.1, 0.15) is 30.7 Å². The fraction of sp³-hybridized carbons (Fsp3) is 0.600. The molecule has 0 aliphatic carbocycles. The third-order valence-corrected chi connectivity index (χ3v) is 3.07. The van der Waals surface area contributed by atoms with Crippen molar-refractivity contribution in [2.45, 2.75) is 39.2 Å². The van der Waals surface area contributed by atoms with Gasteiger partial charge in [-0.25, -0.2) is 0 Å². The van der Waals surface area contributed by atoms with E-state index >= 15 is 0 Å². The molecule has 1 aromatic rings. The predicted octanol–water partition coefficient (Wildman–Crippen LogP) is 2.59. The molecule has 0 bridgehead atoms. The largest absolute Gasteiger partial charge is 0.328 e. The normalized spacial score (nSPS) is 13.2. The smallest absolute Gasteiger partial charge is 0.00776 e. The molecule has 0 aromatic carbocycles. The molecule has 0 radical (unpaired) electrons. The maximum absolute atomic E-state index is 5.71. The molecule has 0 aliphatic heterocycles. The van der Waals surface area contributed by atoms with Crippen LogP contribution in [0.4, 0.5) is 0 Å². The average Bonchev–Trinajstić information content (AvgIpc) is 2.47. The summed E-state index contributed by atoms with van der Waals surface area (Å²) < 4.78 is 0. The molecule has 2 N–H and O–H groups in total. The van der Waals surface area contributed by atoms with Crippen LogP contribution in [-0.2, 0) is 12.8 Å². The lowest BCUT2D eigenvalue weighted by molar-refractivity contribution is 0.668. The zero-order chi connectivity index (χ0) is 8.97. The second kappa shape index (κ2) is 4.63. The highest BCUT2D eigenvalue weighted by atomic mass is 32.1. The lowest BCUT2D eigenvalue weighted by Gasteiger charge is -2.04. The van der Waals surface area contributed by atoms with Gasteiger partial charge >= 0.3 is 0 Å². The van der Waals surface area contributed by atoms with E-state index in [1.165, 1.54) is 10.4 Å². The van der Waals surface area contributed by atoms with Crippen LogP contribution in [0, 0.1) is 0 Å². The third-order valence-electron chi connectivity index (χ3n) is 2.05. The minimum atomic E-state index is 0.330. The van der Waals surface area contributed by atoms with Crippen molar-refractivity contribution >= 4 is 11.3 Å². The van der Waals surface area contributed by atoms with E-state index in [-0.39, 0.29) is 0 Å². The third kappa shape index (κ3) is 2.61. The van der Waals surface area contributed by atoms with E-state index < -0.39 is 0 Å². The highest BCUT2D eigenvalue weighted by Gasteiger charge is 2.03. The van der Waals surface area contributed by atoms with Gasteiger partial charge in [-0.15, -0.1) is 11.3 Å². The van der Waals surface area contributed by atoms with Crippen LogP contribution in [0.25, 0.3) is 0 Å². The van der Waals surface area contributed by atoms with Crippen molar-refractivity contribution in [2.24, 2.45) is 5.73 Å². The molecular formula is C10H17NS. The first-order valence-electron chi connectivity index (χ1n) is 4.54. The van der Waals surface area contributed by atoms with Crippen molar-refractivity contribution in [1.82, 2.24) is 0 Å². The molecule has 0 amide bonds. The molecular weight excluding hydrogens is 166 g/mol. The fourth-order valence-corrected chi connectivity index (χ4v) is 2.26. The van der Waals surface area contributed by atoms with E-state index in [0.29, 0.717) is 6.04 Å². The van der Waals surface area contributed by atoms with Gasteiger partial charge in [-0.3, -0.25) is 0 Å². The van der Waals surface area contributed by atoms with Gasteiger partial charge in [-0.2, -0.15) is 0 Å². The Morgan fingerprint density at radius 1 is 1.58 bits per heavy atom. The molecule has 0 unspecified atom stereocenters. The zero-order valence-corrected chi connectivity index (χ0v) is 8.66. The number of thiophene rings is 1. The van der Waals surface area contributed by atoms with E-state index in [1.54, 1.807) is 0 Å². The quantitative estimate of drug-likeness (QED) is 0.763. The van der Waals surface area contributed by atoms with Crippen LogP contribution in [-0.4, -0.2) is 6.04 Å². The van der Waals surface area contributed by atoms with Crippen molar-refractivity contribution < 1.29 is 0 Å². The number of hydrogen-bond donors (Lipinski definition) is 1. The van der Waals surface area contributed by atoms with Crippen molar-refractivity contribution in [1.29, 1.82) is 0 Å². The molecule has 0 saturated heterocycles. The second-order valence-corrected chi connectivity index (χ2v) is 4.24. The van der Waals surface area contributed by atoms with Gasteiger partial charge in [0.25, 0.3) is 0 Å². The summed E-state index contributed by atoms with van der Waals surface area (Å²) in [5.74, 6) is 0. The Bertz CT molecular complexity index is 227. The van der Waals surface area contributed by atoms with Gasteiger partial charge in [0.15, 0.2) is 0 Å². The van der Waals surface area contributed by atoms with Gasteiger partial charge in [0, 0.05) is 10.9 Å². The van der Waals surface area contributed by atoms with E-state index in [9.17, 15) is 0 Å². The Hall–Kier alpha value is -0.340. The van der Waals surface area contributed by atoms with E-state index in [1.807, 2.05) is 11.3 Å². The standard InChI is InChI=1S/C10H17NS/c1-3-9-6-7-12-10(9)5-4-8(2)11/h6-8H,3-5,11H2,1-2H3/t8-/m1/s1. The van der Waals surface area contributed by atoms with Crippen LogP contribution in [0.5, 0.6) is 0 Å². The predicted molar refractivity (Wildman–Crippen MR) is 55.7 cm³/mol. The van der Waals surface area contributed by atoms with Gasteiger partial charge in [0.05, 0.1) is 0 Å². The first-order chi connectivity index (χ1) is 5.74. The molecule has 0 spiro atoms. The van der Waals surface area contributed by atoms with E-state index in [4.69, 9.17) is 5.73 Å². The Labute approximate surface area is 78.6 Å². The molecule has 1 nitrogen and oxygen atoms in total. The lowest BCUT2D eigenvalue weighted by atomic mass is 10.1. The first kappa shape index (κ1) is 9.75. The Morgan fingerprint density at radius 2 is 2.33 bits per heavy atom. The molecule has 68 valence electrons. The van der Waals surface area contributed by atoms with E-state index in [0.717, 1.165) is 19.3 Å². The van der Waals surface area contributed by atoms with Crippen LogP contribution < -0.4 is 5.73 Å². The van der Waals surface area contributed by atoms with Gasteiger partial charge in [0.1, 0.15) is 0 Å². The minimum absolute atomic E-state index is 0.330. The number of aryl methyl sites for hydroxylation is 2. The van der Waals surface area contributed by atoms with Crippen molar-refractivity contribution in [2.75, 3.05) is 0 Å². The lowest BCUT2D eigenvalue weighted by Crippen LogP contribution is -2.15. The molecule has 1 atom stereocenters. The number of nitrogens with two attached hydrogens (primary N) is 1. The van der Waals surface area contributed by atoms with Crippen molar-refractivity contribution in [3.8, 4) is 0 Å². The molecule has 0 aliphatic rings. The number of hydrogen-bond acceptors (Lipinski definition) is 2. The molecule has 0 fully saturated rings. The SMILES string of the molecule is CCc1ccsc1CC[C@@H](C)N. The Kier molecular flexibility index (Phi) is 3.76. The molecule has 12 heavy (non-hydrogen) atoms. The van der Waals surface area contributed by atoms with Crippen LogP contribution in [0.2, 0.25) is 0 Å². The van der Waals surface area contributed by atoms with Crippen molar-refractivity contribution in [3.05, 3.63) is 21.9 Å². The minimum Gasteiger partial charge on any atom is -0.328 e. The summed E-state index contributed by atoms with van der Waals surface area (Å²) in [5.41, 5.74) is 7.21. The van der Waals surface area contributed by atoms with Gasteiger partial charge in [-0.05, 0) is 43.2 Å². The zero-order valence-electron chi connectivity index (χ0n) is 7.84. The molecule has 1 rings (SSSR count). The van der Waals surface area contributed by atoms with Crippen LogP contribution in [0.15, 0.2) is 11.4 Å². The topological polar surface area (TPSA) is 26.0 Å². The monoisotopic (exact) mass is 183 g/mol. The molecule has 2 heteroatoms. The van der Waals surface area contributed by atoms with Crippen LogP contribution in [0.3, 0.4) is 0 Å². The summed E-state index contributed by atoms with van der Waals surface area (Å²) in [5, 5.41) is 2.18. The van der Waals surface area contributed by atoms with E-state index in [2.05, 4.69) is 25.3 Å². The molecule has 1 aromatic heterocycles. The molecule has 1 heterocycles. The maximum atomic E-state index is 5.71. The van der Waals surface area contributed by atoms with Gasteiger partial charge in [-0.1, -0.05) is 6.92 Å². The van der Waals surface area contributed by atoms with Crippen molar-refractivity contribution in [3.63, 3.8) is 0 Å². The Morgan fingerprint density at radius 3 is 2.92 bits per heavy atom. The first-order valence-corrected chi connectivity index (χ1v) is 5.42. The fourth-order valence-electron chi connectivity index (χ4n) is 1.26. The average molecular weight is 183 g/mol. The summed E-state index contributed by atoms with van der Waals surface area (Å²) in [6, 6.07) is 2.55. The summed E-state index contributed by atoms with van der Waals surface area (Å²) in [6.07, 6.45) is 3.41. The molecule has 0 saturated carbocycles. The maximum Gasteiger partial charge on any atom is 0.00776 e. The Balaban J connectivity index is 2.50. The van der Waals surface area contributed by atoms with Gasteiger partial charge < -0.3 is 5.73 Å². The number of rotatable bonds is 4. The highest BCUT2D eigenvalue weighted by Crippen LogP contribution is 2.19. The van der Waals surface area contributed by atoms with Gasteiger partial charge in [0.2, 0.25) is 0 Å². The van der Waals surface area contributed by atoms with Crippen LogP contribution >= 0.6 is 11.3 Å². The summed E-state index contributed by atoms with van der Waals surface area (Å²) in [4.78, 5) is 1.52. The summed E-state index contributed by atoms with van der Waals surface area (Å²) >= 11 is 1.86.